The van der Waals surface area contributed by atoms with Crippen LogP contribution in [0.15, 0.2) is 42.5 Å². The summed E-state index contributed by atoms with van der Waals surface area (Å²) < 4.78 is 15.0. The van der Waals surface area contributed by atoms with Crippen molar-refractivity contribution in [3.05, 3.63) is 81.7 Å². The molecule has 2 saturated heterocycles. The second-order valence-corrected chi connectivity index (χ2v) is 15.5. The summed E-state index contributed by atoms with van der Waals surface area (Å²) in [6, 6.07) is 13.8. The molecule has 6 atom stereocenters. The Kier molecular flexibility index (Phi) is 5.72. The number of fused-ring (bicyclic) bond motifs is 5. The maximum atomic E-state index is 13.3. The number of hydrogen-bond acceptors (Lipinski definition) is 6. The third kappa shape index (κ3) is 3.60. The molecule has 8 nitrogen and oxygen atoms in total. The van der Waals surface area contributed by atoms with Gasteiger partial charge in [-0.25, -0.2) is 4.79 Å². The second kappa shape index (κ2) is 9.54. The Bertz CT molecular complexity index is 1770. The smallest absolute Gasteiger partial charge is 0.410 e. The molecule has 2 bridgehead atoms. The first-order valence-electron chi connectivity index (χ1n) is 17.5. The molecule has 2 aromatic carbocycles. The molecule has 4 heterocycles. The molecule has 4 aliphatic carbocycles. The Morgan fingerprint density at radius 2 is 1.87 bits per heavy atom. The summed E-state index contributed by atoms with van der Waals surface area (Å²) in [5.41, 5.74) is 6.97. The van der Waals surface area contributed by atoms with Crippen LogP contribution in [0, 0.1) is 17.8 Å². The van der Waals surface area contributed by atoms with E-state index >= 15 is 0 Å². The summed E-state index contributed by atoms with van der Waals surface area (Å²) in [7, 11) is 2.20. The van der Waals surface area contributed by atoms with Gasteiger partial charge in [0.25, 0.3) is 0 Å². The van der Waals surface area contributed by atoms with Crippen LogP contribution in [0.5, 0.6) is 11.5 Å². The Morgan fingerprint density at radius 3 is 2.70 bits per heavy atom. The number of likely N-dealkylation sites (tertiary alicyclic amines) is 2. The fourth-order valence-electron chi connectivity index (χ4n) is 10.9. The summed E-state index contributed by atoms with van der Waals surface area (Å²) in [5, 5.41) is 24.4. The topological polar surface area (TPSA) is 87.4 Å². The second-order valence-electron chi connectivity index (χ2n) is 15.5. The standard InChI is InChI=1S/C38H43N3O5/c1-39-29-16-24-11-13-41(36(43)45-21-23-5-3-2-4-6-23)20-26(24)15-27(29)28-18-38(44)31-17-25-9-10-30(42)34-32(25)37(38,35(46-34)33(28)39)12-14-40(31)19-22-7-8-22/h2-6,9-10,22,24,26,31,35,42,44H,7-8,11-21H2,1H3/t24-,26+,31-,35+,37+,38-/m1/s1. The highest BCUT2D eigenvalue weighted by atomic mass is 16.6. The van der Waals surface area contributed by atoms with Crippen LogP contribution in [0.2, 0.25) is 0 Å². The molecule has 240 valence electrons. The van der Waals surface area contributed by atoms with Gasteiger partial charge in [-0.1, -0.05) is 36.4 Å². The van der Waals surface area contributed by atoms with Gasteiger partial charge in [-0.3, -0.25) is 4.90 Å². The first-order chi connectivity index (χ1) is 22.4. The predicted octanol–water partition coefficient (Wildman–Crippen LogP) is 4.80. The maximum absolute atomic E-state index is 13.3. The minimum absolute atomic E-state index is 0.0286. The van der Waals surface area contributed by atoms with Crippen LogP contribution in [-0.2, 0) is 49.5 Å². The van der Waals surface area contributed by atoms with E-state index in [0.717, 1.165) is 68.8 Å². The highest BCUT2D eigenvalue weighted by Crippen LogP contribution is 2.69. The van der Waals surface area contributed by atoms with Crippen molar-refractivity contribution in [1.82, 2.24) is 14.4 Å². The normalized spacial score (nSPS) is 33.4. The average molecular weight is 622 g/mol. The number of carbonyl (C=O) groups is 1. The predicted molar refractivity (Wildman–Crippen MR) is 171 cm³/mol. The first kappa shape index (κ1) is 27.6. The first-order valence-corrected chi connectivity index (χ1v) is 17.5. The fraction of sp³-hybridized carbons (Fsp3) is 0.553. The van der Waals surface area contributed by atoms with Crippen molar-refractivity contribution < 1.29 is 24.5 Å². The van der Waals surface area contributed by atoms with Crippen molar-refractivity contribution in [3.8, 4) is 11.5 Å². The van der Waals surface area contributed by atoms with E-state index in [1.54, 1.807) is 6.07 Å². The molecule has 1 aromatic heterocycles. The zero-order valence-corrected chi connectivity index (χ0v) is 26.6. The maximum Gasteiger partial charge on any atom is 0.410 e. The number of phenolic OH excluding ortho intramolecular Hbond substituents is 1. The number of benzene rings is 2. The number of nitrogens with zero attached hydrogens (tertiary/aromatic N) is 3. The van der Waals surface area contributed by atoms with Gasteiger partial charge >= 0.3 is 6.09 Å². The van der Waals surface area contributed by atoms with Crippen LogP contribution >= 0.6 is 0 Å². The van der Waals surface area contributed by atoms with Crippen LogP contribution in [0.3, 0.4) is 0 Å². The highest BCUT2D eigenvalue weighted by Gasteiger charge is 2.73. The molecule has 0 radical (unpaired) electrons. The molecule has 1 spiro atoms. The number of aromatic hydroxyl groups is 1. The summed E-state index contributed by atoms with van der Waals surface area (Å²) in [5.74, 6) is 2.40. The highest BCUT2D eigenvalue weighted by molar-refractivity contribution is 5.68. The molecule has 7 aliphatic rings. The van der Waals surface area contributed by atoms with E-state index in [2.05, 4.69) is 22.6 Å². The van der Waals surface area contributed by atoms with Crippen molar-refractivity contribution in [2.75, 3.05) is 26.2 Å². The molecular formula is C38H43N3O5. The number of carbonyl (C=O) groups excluding carboxylic acids is 1. The summed E-state index contributed by atoms with van der Waals surface area (Å²) in [6.07, 6.45) is 7.14. The number of piperidine rings is 2. The molecular weight excluding hydrogens is 578 g/mol. The number of amides is 1. The lowest BCUT2D eigenvalue weighted by Crippen LogP contribution is -2.74. The Labute approximate surface area is 269 Å². The minimum atomic E-state index is -0.977. The van der Waals surface area contributed by atoms with Crippen molar-refractivity contribution in [1.29, 1.82) is 0 Å². The molecule has 3 fully saturated rings. The largest absolute Gasteiger partial charge is 0.504 e. The van der Waals surface area contributed by atoms with E-state index in [-0.39, 0.29) is 24.0 Å². The van der Waals surface area contributed by atoms with E-state index in [4.69, 9.17) is 9.47 Å². The third-order valence-corrected chi connectivity index (χ3v) is 13.3. The van der Waals surface area contributed by atoms with Crippen LogP contribution in [0.1, 0.15) is 71.0 Å². The van der Waals surface area contributed by atoms with Crippen LogP contribution in [-0.4, -0.2) is 68.5 Å². The molecule has 3 aromatic rings. The summed E-state index contributed by atoms with van der Waals surface area (Å²) >= 11 is 0. The lowest BCUT2D eigenvalue weighted by atomic mass is 9.48. The van der Waals surface area contributed by atoms with Gasteiger partial charge in [0, 0.05) is 50.4 Å². The minimum Gasteiger partial charge on any atom is -0.504 e. The number of aliphatic hydroxyl groups is 1. The molecule has 3 aliphatic heterocycles. The Hall–Kier alpha value is -3.49. The molecule has 8 heteroatoms. The number of hydrogen-bond donors (Lipinski definition) is 2. The lowest BCUT2D eigenvalue weighted by molar-refractivity contribution is -0.174. The number of ether oxygens (including phenoxy) is 2. The zero-order valence-electron chi connectivity index (χ0n) is 26.6. The Balaban J connectivity index is 1.01. The summed E-state index contributed by atoms with van der Waals surface area (Å²) in [6.45, 7) is 3.74. The molecule has 1 amide bonds. The van der Waals surface area contributed by atoms with Gasteiger partial charge in [-0.15, -0.1) is 0 Å². The van der Waals surface area contributed by atoms with E-state index in [1.165, 1.54) is 40.9 Å². The van der Waals surface area contributed by atoms with Gasteiger partial charge in [0.05, 0.1) is 16.7 Å². The van der Waals surface area contributed by atoms with Crippen molar-refractivity contribution in [3.63, 3.8) is 0 Å². The average Bonchev–Trinajstić information content (AvgIpc) is 3.76. The van der Waals surface area contributed by atoms with Crippen LogP contribution in [0.25, 0.3) is 0 Å². The van der Waals surface area contributed by atoms with Gasteiger partial charge in [0.2, 0.25) is 0 Å². The molecule has 1 saturated carbocycles. The van der Waals surface area contributed by atoms with E-state index in [1.807, 2.05) is 35.2 Å². The van der Waals surface area contributed by atoms with Crippen LogP contribution in [0.4, 0.5) is 4.79 Å². The van der Waals surface area contributed by atoms with Crippen molar-refractivity contribution >= 4 is 6.09 Å². The lowest BCUT2D eigenvalue weighted by Gasteiger charge is -2.63. The van der Waals surface area contributed by atoms with Gasteiger partial charge in [0.1, 0.15) is 6.61 Å². The number of phenols is 1. The van der Waals surface area contributed by atoms with Crippen LogP contribution < -0.4 is 4.74 Å². The monoisotopic (exact) mass is 621 g/mol. The van der Waals surface area contributed by atoms with Gasteiger partial charge in [-0.05, 0) is 97.6 Å². The fourth-order valence-corrected chi connectivity index (χ4v) is 10.9. The van der Waals surface area contributed by atoms with Crippen molar-refractivity contribution in [2.24, 2.45) is 24.8 Å². The third-order valence-electron chi connectivity index (χ3n) is 13.3. The molecule has 10 rings (SSSR count). The van der Waals surface area contributed by atoms with Gasteiger partial charge < -0.3 is 29.2 Å². The molecule has 2 N–H and O–H groups in total. The van der Waals surface area contributed by atoms with E-state index in [0.29, 0.717) is 37.2 Å². The van der Waals surface area contributed by atoms with Gasteiger partial charge in [0.15, 0.2) is 17.6 Å². The quantitative estimate of drug-likeness (QED) is 0.435. The van der Waals surface area contributed by atoms with E-state index in [9.17, 15) is 15.0 Å². The Morgan fingerprint density at radius 1 is 1.02 bits per heavy atom. The number of rotatable bonds is 4. The summed E-state index contributed by atoms with van der Waals surface area (Å²) in [4.78, 5) is 17.7. The van der Waals surface area contributed by atoms with Gasteiger partial charge in [-0.2, -0.15) is 0 Å². The molecule has 46 heavy (non-hydrogen) atoms. The van der Waals surface area contributed by atoms with E-state index < -0.39 is 11.0 Å². The SMILES string of the molecule is Cn1c2c(c3c1[C@@H]1Oc4c(O)ccc5c4[C@@]14CCN(CC1CC1)[C@H](C5)[C@]4(O)C3)C[C@H]1CN(C(=O)OCc3ccccc3)CC[C@@H]1C2. The van der Waals surface area contributed by atoms with Crippen molar-refractivity contribution in [2.45, 2.75) is 81.1 Å². The molecule has 0 unspecified atom stereocenters. The zero-order chi connectivity index (χ0) is 30.9. The number of aromatic nitrogens is 1.